The molecule has 0 saturated heterocycles. The molecule has 1 aromatic carbocycles. The van der Waals surface area contributed by atoms with Crippen molar-refractivity contribution in [3.63, 3.8) is 0 Å². The number of benzene rings is 1. The number of aromatic carboxylic acids is 1. The first-order chi connectivity index (χ1) is 17.8. The SMILES string of the molecule is CCCCC1=CN(CC(CC)n2c(C(=O)O)c(CCCC)c3c(=O)n(C)c4ccccc4c32)C(C)C1=O. The Kier molecular flexibility index (Phi) is 7.90. The van der Waals surface area contributed by atoms with Crippen LogP contribution in [0.15, 0.2) is 40.8 Å². The number of para-hydroxylation sites is 1. The van der Waals surface area contributed by atoms with Gasteiger partial charge in [-0.15, -0.1) is 0 Å². The monoisotopic (exact) mass is 505 g/mol. The van der Waals surface area contributed by atoms with Crippen molar-refractivity contribution in [2.45, 2.75) is 84.7 Å². The average molecular weight is 506 g/mol. The molecule has 1 aliphatic heterocycles. The molecule has 2 unspecified atom stereocenters. The van der Waals surface area contributed by atoms with E-state index < -0.39 is 5.97 Å². The number of unbranched alkanes of at least 4 members (excludes halogenated alkanes) is 2. The molecule has 0 saturated carbocycles. The minimum atomic E-state index is -1.02. The Morgan fingerprint density at radius 1 is 1.05 bits per heavy atom. The van der Waals surface area contributed by atoms with Crippen LogP contribution in [0.1, 0.15) is 88.3 Å². The van der Waals surface area contributed by atoms with Gasteiger partial charge in [0.15, 0.2) is 5.78 Å². The third-order valence-electron chi connectivity index (χ3n) is 7.90. The summed E-state index contributed by atoms with van der Waals surface area (Å²) in [6.45, 7) is 8.65. The van der Waals surface area contributed by atoms with Gasteiger partial charge in [-0.05, 0) is 50.7 Å². The van der Waals surface area contributed by atoms with Crippen molar-refractivity contribution >= 4 is 33.6 Å². The molecule has 0 bridgehead atoms. The van der Waals surface area contributed by atoms with Gasteiger partial charge in [0.2, 0.25) is 0 Å². The zero-order chi connectivity index (χ0) is 26.9. The molecule has 2 atom stereocenters. The number of Topliss-reactive ketones (excluding diaryl/α,β-unsaturated/α-hetero) is 1. The number of nitrogens with zero attached hydrogens (tertiary/aromatic N) is 3. The van der Waals surface area contributed by atoms with Crippen LogP contribution in [0.25, 0.3) is 21.8 Å². The lowest BCUT2D eigenvalue weighted by Gasteiger charge is -2.29. The second kappa shape index (κ2) is 11.0. The van der Waals surface area contributed by atoms with E-state index in [0.717, 1.165) is 48.6 Å². The Balaban J connectivity index is 1.97. The molecule has 37 heavy (non-hydrogen) atoms. The fourth-order valence-electron chi connectivity index (χ4n) is 5.77. The van der Waals surface area contributed by atoms with Crippen LogP contribution in [0, 0.1) is 0 Å². The maximum absolute atomic E-state index is 13.7. The number of aromatic nitrogens is 2. The van der Waals surface area contributed by atoms with Crippen molar-refractivity contribution in [2.75, 3.05) is 6.54 Å². The van der Waals surface area contributed by atoms with E-state index in [4.69, 9.17) is 0 Å². The molecule has 2 aromatic heterocycles. The van der Waals surface area contributed by atoms with Crippen molar-refractivity contribution in [1.82, 2.24) is 14.0 Å². The van der Waals surface area contributed by atoms with Crippen LogP contribution in [-0.4, -0.2) is 43.5 Å². The summed E-state index contributed by atoms with van der Waals surface area (Å²) in [5.41, 5.74) is 2.99. The number of pyridine rings is 1. The number of hydrogen-bond donors (Lipinski definition) is 1. The van der Waals surface area contributed by atoms with Crippen molar-refractivity contribution in [3.05, 3.63) is 57.6 Å². The van der Waals surface area contributed by atoms with Crippen LogP contribution in [0.2, 0.25) is 0 Å². The van der Waals surface area contributed by atoms with Gasteiger partial charge in [0.25, 0.3) is 5.56 Å². The summed E-state index contributed by atoms with van der Waals surface area (Å²) >= 11 is 0. The van der Waals surface area contributed by atoms with Gasteiger partial charge < -0.3 is 19.1 Å². The molecule has 1 N–H and O–H groups in total. The van der Waals surface area contributed by atoms with Crippen LogP contribution in [0.5, 0.6) is 0 Å². The first kappa shape index (κ1) is 26.7. The molecule has 3 aromatic rings. The molecule has 0 aliphatic carbocycles. The van der Waals surface area contributed by atoms with E-state index in [1.54, 1.807) is 11.6 Å². The van der Waals surface area contributed by atoms with Crippen LogP contribution in [-0.2, 0) is 18.3 Å². The van der Waals surface area contributed by atoms with Crippen LogP contribution >= 0.6 is 0 Å². The highest BCUT2D eigenvalue weighted by Gasteiger charge is 2.34. The number of carbonyl (C=O) groups excluding carboxylic acids is 1. The predicted octanol–water partition coefficient (Wildman–Crippen LogP) is 5.83. The van der Waals surface area contributed by atoms with Crippen LogP contribution in [0.4, 0.5) is 0 Å². The zero-order valence-electron chi connectivity index (χ0n) is 22.7. The van der Waals surface area contributed by atoms with Gasteiger partial charge in [-0.1, -0.05) is 51.8 Å². The Bertz CT molecular complexity index is 1430. The molecule has 4 rings (SSSR count). The molecule has 198 valence electrons. The number of carboxylic acids is 1. The maximum atomic E-state index is 13.7. The van der Waals surface area contributed by atoms with E-state index in [-0.39, 0.29) is 29.1 Å². The lowest BCUT2D eigenvalue weighted by molar-refractivity contribution is -0.118. The average Bonchev–Trinajstić information content (AvgIpc) is 3.37. The smallest absolute Gasteiger partial charge is 0.352 e. The van der Waals surface area contributed by atoms with E-state index in [1.807, 2.05) is 48.9 Å². The Morgan fingerprint density at radius 2 is 1.73 bits per heavy atom. The van der Waals surface area contributed by atoms with Crippen molar-refractivity contribution in [3.8, 4) is 0 Å². The number of hydrogen-bond acceptors (Lipinski definition) is 4. The second-order valence-corrected chi connectivity index (χ2v) is 10.3. The summed E-state index contributed by atoms with van der Waals surface area (Å²) in [5, 5.41) is 11.9. The topological polar surface area (TPSA) is 84.5 Å². The summed E-state index contributed by atoms with van der Waals surface area (Å²) in [6, 6.07) is 7.21. The quantitative estimate of drug-likeness (QED) is 0.354. The minimum Gasteiger partial charge on any atom is -0.477 e. The Labute approximate surface area is 218 Å². The predicted molar refractivity (Wildman–Crippen MR) is 148 cm³/mol. The maximum Gasteiger partial charge on any atom is 0.352 e. The highest BCUT2D eigenvalue weighted by molar-refractivity contribution is 6.09. The highest BCUT2D eigenvalue weighted by atomic mass is 16.4. The van der Waals surface area contributed by atoms with E-state index >= 15 is 0 Å². The normalized spacial score (nSPS) is 16.7. The fraction of sp³-hybridized carbons (Fsp3) is 0.500. The summed E-state index contributed by atoms with van der Waals surface area (Å²) < 4.78 is 3.54. The van der Waals surface area contributed by atoms with Gasteiger partial charge in [0, 0.05) is 30.8 Å². The zero-order valence-corrected chi connectivity index (χ0v) is 22.7. The summed E-state index contributed by atoms with van der Waals surface area (Å²) in [4.78, 5) is 41.5. The summed E-state index contributed by atoms with van der Waals surface area (Å²) in [5.74, 6) is -0.862. The van der Waals surface area contributed by atoms with Gasteiger partial charge in [-0.3, -0.25) is 9.59 Å². The first-order valence-corrected chi connectivity index (χ1v) is 13.6. The van der Waals surface area contributed by atoms with E-state index in [2.05, 4.69) is 18.7 Å². The molecule has 0 spiro atoms. The van der Waals surface area contributed by atoms with Gasteiger partial charge in [0.1, 0.15) is 5.69 Å². The number of rotatable bonds is 11. The Morgan fingerprint density at radius 3 is 2.38 bits per heavy atom. The van der Waals surface area contributed by atoms with Crippen molar-refractivity contribution in [2.24, 2.45) is 7.05 Å². The number of fused-ring (bicyclic) bond motifs is 3. The van der Waals surface area contributed by atoms with E-state index in [1.165, 1.54) is 0 Å². The third kappa shape index (κ3) is 4.60. The van der Waals surface area contributed by atoms with Gasteiger partial charge >= 0.3 is 5.97 Å². The molecular formula is C30H39N3O4. The van der Waals surface area contributed by atoms with Gasteiger partial charge in [-0.2, -0.15) is 0 Å². The number of ketones is 1. The fourth-order valence-corrected chi connectivity index (χ4v) is 5.77. The summed E-state index contributed by atoms with van der Waals surface area (Å²) in [6.07, 6.45) is 7.63. The molecule has 1 aliphatic rings. The highest BCUT2D eigenvalue weighted by Crippen LogP contribution is 2.36. The molecular weight excluding hydrogens is 466 g/mol. The summed E-state index contributed by atoms with van der Waals surface area (Å²) in [7, 11) is 1.75. The first-order valence-electron chi connectivity index (χ1n) is 13.6. The van der Waals surface area contributed by atoms with Crippen LogP contribution < -0.4 is 5.56 Å². The third-order valence-corrected chi connectivity index (χ3v) is 7.90. The Hall–Kier alpha value is -3.35. The van der Waals surface area contributed by atoms with Crippen molar-refractivity contribution < 1.29 is 14.7 Å². The van der Waals surface area contributed by atoms with Gasteiger partial charge in [0.05, 0.1) is 28.5 Å². The molecule has 3 heterocycles. The number of carboxylic acid groups (broad SMARTS) is 1. The standard InChI is InChI=1S/C30H39N3O4/c1-6-9-13-20-17-32(19(4)28(20)34)18-21(8-3)33-26-22-15-11-12-16-24(22)31(5)29(35)25(26)23(14-10-7-2)27(33)30(36)37/h11-12,15-17,19,21H,6-10,13-14,18H2,1-5H3,(H,36,37). The van der Waals surface area contributed by atoms with Crippen LogP contribution in [0.3, 0.4) is 0 Å². The number of carbonyl (C=O) groups is 2. The lowest BCUT2D eigenvalue weighted by Crippen LogP contribution is -2.35. The minimum absolute atomic E-state index is 0.155. The van der Waals surface area contributed by atoms with E-state index in [0.29, 0.717) is 35.9 Å². The molecule has 0 fully saturated rings. The molecule has 7 heteroatoms. The second-order valence-electron chi connectivity index (χ2n) is 10.3. The van der Waals surface area contributed by atoms with Crippen molar-refractivity contribution in [1.29, 1.82) is 0 Å². The lowest BCUT2D eigenvalue weighted by atomic mass is 10.0. The molecule has 0 amide bonds. The molecule has 0 radical (unpaired) electrons. The number of aryl methyl sites for hydroxylation is 2. The molecule has 7 nitrogen and oxygen atoms in total. The largest absolute Gasteiger partial charge is 0.477 e. The van der Waals surface area contributed by atoms with Gasteiger partial charge in [-0.25, -0.2) is 4.79 Å². The van der Waals surface area contributed by atoms with E-state index in [9.17, 15) is 19.5 Å².